The summed E-state index contributed by atoms with van der Waals surface area (Å²) in [5.74, 6) is -1.55. The number of benzene rings is 1. The van der Waals surface area contributed by atoms with Crippen molar-refractivity contribution >= 4 is 27.6 Å². The summed E-state index contributed by atoms with van der Waals surface area (Å²) in [6.45, 7) is 0. The molecule has 1 rings (SSSR count). The largest absolute Gasteiger partial charge is 0.545 e. The van der Waals surface area contributed by atoms with Crippen LogP contribution in [0.3, 0.4) is 0 Å². The third-order valence-electron chi connectivity index (χ3n) is 2.05. The summed E-state index contributed by atoms with van der Waals surface area (Å²) >= 11 is 5.59. The fraction of sp³-hybridized carbons (Fsp3) is 0.222. The number of carbonyl (C=O) groups excluding carboxylic acids is 1. The van der Waals surface area contributed by atoms with Crippen molar-refractivity contribution in [2.24, 2.45) is 0 Å². The Hall–Kier alpha value is -1.15. The van der Waals surface area contributed by atoms with Crippen LogP contribution in [0.25, 0.3) is 0 Å². The summed E-state index contributed by atoms with van der Waals surface area (Å²) in [5, 5.41) is 10.6. The minimum atomic E-state index is -3.90. The van der Waals surface area contributed by atoms with Crippen molar-refractivity contribution in [2.75, 3.05) is 14.2 Å². The minimum absolute atomic E-state index is 0.0935. The molecule has 94 valence electrons. The molecule has 0 saturated carbocycles. The Kier molecular flexibility index (Phi) is 4.10. The Labute approximate surface area is 103 Å². The summed E-state index contributed by atoms with van der Waals surface area (Å²) in [6.07, 6.45) is 0. The molecule has 0 unspecified atom stereocenters. The van der Waals surface area contributed by atoms with E-state index in [1.54, 1.807) is 0 Å². The van der Waals surface area contributed by atoms with Crippen LogP contribution in [-0.2, 0) is 14.9 Å². The molecule has 0 saturated heterocycles. The summed E-state index contributed by atoms with van der Waals surface area (Å²) in [5.41, 5.74) is -0.391. The van der Waals surface area contributed by atoms with Crippen LogP contribution in [-0.4, -0.2) is 33.0 Å². The van der Waals surface area contributed by atoms with Crippen LogP contribution < -0.4 is 5.11 Å². The third-order valence-corrected chi connectivity index (χ3v) is 4.06. The van der Waals surface area contributed by atoms with Gasteiger partial charge in [0.05, 0.1) is 18.0 Å². The normalized spacial score (nSPS) is 11.8. The Morgan fingerprint density at radius 1 is 1.47 bits per heavy atom. The van der Waals surface area contributed by atoms with Gasteiger partial charge in [0.2, 0.25) is 0 Å². The van der Waals surface area contributed by atoms with Gasteiger partial charge in [-0.3, -0.25) is 4.84 Å². The first kappa shape index (κ1) is 13.9. The highest BCUT2D eigenvalue weighted by Crippen LogP contribution is 2.21. The smallest absolute Gasteiger partial charge is 0.264 e. The fourth-order valence-corrected chi connectivity index (χ4v) is 2.26. The van der Waals surface area contributed by atoms with Gasteiger partial charge in [0.1, 0.15) is 0 Å². The van der Waals surface area contributed by atoms with Gasteiger partial charge in [0.25, 0.3) is 10.0 Å². The summed E-state index contributed by atoms with van der Waals surface area (Å²) in [4.78, 5) is 15.0. The van der Waals surface area contributed by atoms with Gasteiger partial charge in [0, 0.05) is 17.6 Å². The molecular formula is C9H9ClNO5S-. The maximum atomic E-state index is 11.8. The average Bonchev–Trinajstić information content (AvgIpc) is 2.27. The van der Waals surface area contributed by atoms with Gasteiger partial charge in [-0.2, -0.15) is 0 Å². The molecule has 0 bridgehead atoms. The molecule has 0 radical (unpaired) electrons. The Morgan fingerprint density at radius 3 is 2.53 bits per heavy atom. The lowest BCUT2D eigenvalue weighted by Gasteiger charge is -2.15. The monoisotopic (exact) mass is 278 g/mol. The van der Waals surface area contributed by atoms with Crippen LogP contribution in [0.2, 0.25) is 5.02 Å². The molecule has 0 aromatic heterocycles. The highest BCUT2D eigenvalue weighted by Gasteiger charge is 2.21. The van der Waals surface area contributed by atoms with Crippen molar-refractivity contribution in [3.63, 3.8) is 0 Å². The molecule has 0 N–H and O–H groups in total. The van der Waals surface area contributed by atoms with Crippen molar-refractivity contribution in [2.45, 2.75) is 4.90 Å². The second-order valence-electron chi connectivity index (χ2n) is 3.03. The first-order valence-electron chi connectivity index (χ1n) is 4.34. The number of nitrogens with zero attached hydrogens (tertiary/aromatic N) is 1. The number of carboxylic acid groups (broad SMARTS) is 1. The number of sulfonamides is 1. The van der Waals surface area contributed by atoms with Crippen molar-refractivity contribution < 1.29 is 23.2 Å². The van der Waals surface area contributed by atoms with E-state index in [-0.39, 0.29) is 9.92 Å². The lowest BCUT2D eigenvalue weighted by atomic mass is 10.2. The summed E-state index contributed by atoms with van der Waals surface area (Å²) < 4.78 is 24.2. The average molecular weight is 279 g/mol. The molecule has 0 aliphatic carbocycles. The number of hydroxylamine groups is 1. The van der Waals surface area contributed by atoms with Gasteiger partial charge in [-0.25, -0.2) is 8.42 Å². The number of hydrogen-bond acceptors (Lipinski definition) is 5. The molecule has 0 spiro atoms. The van der Waals surface area contributed by atoms with Gasteiger partial charge in [-0.1, -0.05) is 16.1 Å². The van der Waals surface area contributed by atoms with Crippen LogP contribution in [0.15, 0.2) is 23.1 Å². The maximum absolute atomic E-state index is 11.8. The van der Waals surface area contributed by atoms with E-state index in [1.165, 1.54) is 26.3 Å². The zero-order chi connectivity index (χ0) is 13.2. The topological polar surface area (TPSA) is 86.7 Å². The third kappa shape index (κ3) is 2.75. The van der Waals surface area contributed by atoms with Crippen LogP contribution in [0.4, 0.5) is 0 Å². The van der Waals surface area contributed by atoms with Crippen molar-refractivity contribution in [1.82, 2.24) is 4.47 Å². The van der Waals surface area contributed by atoms with E-state index in [2.05, 4.69) is 4.84 Å². The summed E-state index contributed by atoms with van der Waals surface area (Å²) in [6, 6.07) is 3.27. The van der Waals surface area contributed by atoms with Gasteiger partial charge in [-0.15, -0.1) is 0 Å². The Morgan fingerprint density at radius 2 is 2.06 bits per heavy atom. The first-order chi connectivity index (χ1) is 7.80. The zero-order valence-corrected chi connectivity index (χ0v) is 10.6. The second-order valence-corrected chi connectivity index (χ2v) is 5.37. The van der Waals surface area contributed by atoms with Crippen LogP contribution in [0.5, 0.6) is 0 Å². The number of carbonyl (C=O) groups is 1. The van der Waals surface area contributed by atoms with E-state index in [0.29, 0.717) is 4.47 Å². The van der Waals surface area contributed by atoms with Gasteiger partial charge < -0.3 is 9.90 Å². The molecule has 8 heteroatoms. The molecule has 0 heterocycles. The van der Waals surface area contributed by atoms with E-state index in [9.17, 15) is 18.3 Å². The highest BCUT2D eigenvalue weighted by molar-refractivity contribution is 7.89. The minimum Gasteiger partial charge on any atom is -0.545 e. The SMILES string of the molecule is CON(C)S(=O)(=O)c1ccc(Cl)c(C(=O)[O-])c1. The van der Waals surface area contributed by atoms with Crippen LogP contribution >= 0.6 is 11.6 Å². The Bertz CT molecular complexity index is 542. The lowest BCUT2D eigenvalue weighted by Crippen LogP contribution is -2.27. The zero-order valence-electron chi connectivity index (χ0n) is 9.01. The molecule has 0 fully saturated rings. The molecule has 0 aliphatic heterocycles. The van der Waals surface area contributed by atoms with Crippen molar-refractivity contribution in [3.05, 3.63) is 28.8 Å². The quantitative estimate of drug-likeness (QED) is 0.717. The molecule has 0 aliphatic rings. The molecule has 0 atom stereocenters. The summed E-state index contributed by atoms with van der Waals surface area (Å²) in [7, 11) is -1.54. The number of aromatic carboxylic acids is 1. The molecule has 1 aromatic carbocycles. The van der Waals surface area contributed by atoms with E-state index < -0.39 is 21.6 Å². The molecule has 6 nitrogen and oxygen atoms in total. The lowest BCUT2D eigenvalue weighted by molar-refractivity contribution is -0.255. The molecule has 17 heavy (non-hydrogen) atoms. The van der Waals surface area contributed by atoms with Crippen LogP contribution in [0, 0.1) is 0 Å². The number of carboxylic acids is 1. The predicted octanol–water partition coefficient (Wildman–Crippen LogP) is -0.115. The van der Waals surface area contributed by atoms with E-state index >= 15 is 0 Å². The molecule has 1 aromatic rings. The molecule has 0 amide bonds. The standard InChI is InChI=1S/C9H10ClNO5S/c1-11(16-2)17(14,15)6-3-4-8(10)7(5-6)9(12)13/h3-5H,1-2H3,(H,12,13)/p-1. The Balaban J connectivity index is 3.35. The van der Waals surface area contributed by atoms with E-state index in [0.717, 1.165) is 6.07 Å². The number of halogens is 1. The van der Waals surface area contributed by atoms with Gasteiger partial charge in [-0.05, 0) is 18.2 Å². The number of rotatable bonds is 4. The maximum Gasteiger partial charge on any atom is 0.264 e. The predicted molar refractivity (Wildman–Crippen MR) is 57.7 cm³/mol. The van der Waals surface area contributed by atoms with Crippen LogP contribution in [0.1, 0.15) is 10.4 Å². The van der Waals surface area contributed by atoms with Gasteiger partial charge >= 0.3 is 0 Å². The number of hydrogen-bond donors (Lipinski definition) is 0. The van der Waals surface area contributed by atoms with E-state index in [1.807, 2.05) is 0 Å². The van der Waals surface area contributed by atoms with E-state index in [4.69, 9.17) is 11.6 Å². The second kappa shape index (κ2) is 5.01. The van der Waals surface area contributed by atoms with Crippen molar-refractivity contribution in [3.8, 4) is 0 Å². The van der Waals surface area contributed by atoms with Crippen molar-refractivity contribution in [1.29, 1.82) is 0 Å². The highest BCUT2D eigenvalue weighted by atomic mass is 35.5. The first-order valence-corrected chi connectivity index (χ1v) is 6.16. The molecular weight excluding hydrogens is 270 g/mol. The van der Waals surface area contributed by atoms with Gasteiger partial charge in [0.15, 0.2) is 0 Å². The fourth-order valence-electron chi connectivity index (χ4n) is 1.07.